The van der Waals surface area contributed by atoms with Crippen LogP contribution in [0, 0.1) is 28.9 Å². The molecule has 0 radical (unpaired) electrons. The first-order valence-electron chi connectivity index (χ1n) is 11.6. The molecule has 9 heteroatoms. The molecule has 2 aromatic rings. The van der Waals surface area contributed by atoms with Crippen molar-refractivity contribution in [3.05, 3.63) is 63.7 Å². The number of anilines is 2. The first-order valence-corrected chi connectivity index (χ1v) is 11.6. The predicted molar refractivity (Wildman–Crippen MR) is 123 cm³/mol. The van der Waals surface area contributed by atoms with E-state index >= 15 is 0 Å². The smallest absolute Gasteiger partial charge is 0.274 e. The van der Waals surface area contributed by atoms with Crippen LogP contribution in [0.15, 0.2) is 42.5 Å². The molecule has 0 bridgehead atoms. The largest absolute Gasteiger partial charge is 0.310 e. The summed E-state index contributed by atoms with van der Waals surface area (Å²) in [7, 11) is 0. The Morgan fingerprint density at radius 2 is 1.88 bits per heavy atom. The quantitative estimate of drug-likeness (QED) is 0.396. The Morgan fingerprint density at radius 1 is 1.12 bits per heavy atom. The van der Waals surface area contributed by atoms with Crippen molar-refractivity contribution >= 4 is 34.8 Å². The number of carbonyl (C=O) groups excluding carboxylic acids is 3. The lowest BCUT2D eigenvalue weighted by Crippen LogP contribution is -2.56. The van der Waals surface area contributed by atoms with Gasteiger partial charge in [0.15, 0.2) is 0 Å². The van der Waals surface area contributed by atoms with E-state index in [2.05, 4.69) is 4.90 Å². The monoisotopic (exact) mass is 460 g/mol. The summed E-state index contributed by atoms with van der Waals surface area (Å²) in [5.74, 6) is -2.51. The van der Waals surface area contributed by atoms with Gasteiger partial charge in [-0.3, -0.25) is 29.4 Å². The highest BCUT2D eigenvalue weighted by Crippen LogP contribution is 2.61. The standard InChI is InChI=1S/C25H24N4O5/c1-3-26-17-8-5-4-7-16(17)25(24(26)32)21-20(18-9-6-12-27(18)25)22(30)28(23(21)31)15-11-10-14(2)19(13-15)29(33)34/h4-5,7-8,10-11,13,18,20-21H,3,6,9,12H2,1-2H3. The molecule has 3 saturated heterocycles. The van der Waals surface area contributed by atoms with Crippen molar-refractivity contribution in [1.29, 1.82) is 0 Å². The van der Waals surface area contributed by atoms with Gasteiger partial charge in [0.1, 0.15) is 5.54 Å². The molecular weight excluding hydrogens is 436 g/mol. The van der Waals surface area contributed by atoms with Gasteiger partial charge in [-0.15, -0.1) is 0 Å². The predicted octanol–water partition coefficient (Wildman–Crippen LogP) is 2.75. The fourth-order valence-corrected chi connectivity index (χ4v) is 6.84. The molecule has 0 aliphatic carbocycles. The molecule has 1 spiro atoms. The number of carbonyl (C=O) groups is 3. The molecule has 2 aromatic carbocycles. The molecule has 3 fully saturated rings. The summed E-state index contributed by atoms with van der Waals surface area (Å²) in [4.78, 5) is 57.8. The van der Waals surface area contributed by atoms with Crippen molar-refractivity contribution in [2.45, 2.75) is 38.3 Å². The number of nitrogens with zero attached hydrogens (tertiary/aromatic N) is 4. The molecule has 34 heavy (non-hydrogen) atoms. The van der Waals surface area contributed by atoms with Gasteiger partial charge in [-0.1, -0.05) is 24.3 Å². The second kappa shape index (κ2) is 6.96. The number of nitro groups is 1. The summed E-state index contributed by atoms with van der Waals surface area (Å²) in [5.41, 5.74) is 0.825. The first kappa shape index (κ1) is 21.0. The highest BCUT2D eigenvalue weighted by molar-refractivity contribution is 6.26. The summed E-state index contributed by atoms with van der Waals surface area (Å²) < 4.78 is 0. The Morgan fingerprint density at radius 3 is 2.62 bits per heavy atom. The van der Waals surface area contributed by atoms with Crippen molar-refractivity contribution in [3.8, 4) is 0 Å². The molecule has 6 rings (SSSR count). The number of benzene rings is 2. The summed E-state index contributed by atoms with van der Waals surface area (Å²) >= 11 is 0. The normalized spacial score (nSPS) is 29.8. The van der Waals surface area contributed by atoms with E-state index in [0.717, 1.165) is 29.0 Å². The third-order valence-electron chi connectivity index (χ3n) is 8.11. The summed E-state index contributed by atoms with van der Waals surface area (Å²) in [6.07, 6.45) is 1.57. The van der Waals surface area contributed by atoms with Gasteiger partial charge >= 0.3 is 0 Å². The zero-order chi connectivity index (χ0) is 23.9. The number of aryl methyl sites for hydroxylation is 1. The van der Waals surface area contributed by atoms with Crippen molar-refractivity contribution in [1.82, 2.24) is 4.90 Å². The molecule has 4 atom stereocenters. The second-order valence-corrected chi connectivity index (χ2v) is 9.48. The number of likely N-dealkylation sites (N-methyl/N-ethyl adjacent to an activating group) is 1. The van der Waals surface area contributed by atoms with Crippen molar-refractivity contribution in [3.63, 3.8) is 0 Å². The number of para-hydroxylation sites is 1. The van der Waals surface area contributed by atoms with Crippen LogP contribution in [0.25, 0.3) is 0 Å². The van der Waals surface area contributed by atoms with E-state index in [9.17, 15) is 24.5 Å². The number of nitro benzene ring substituents is 1. The van der Waals surface area contributed by atoms with E-state index in [1.165, 1.54) is 6.07 Å². The maximum atomic E-state index is 14.1. The van der Waals surface area contributed by atoms with Crippen LogP contribution in [0.5, 0.6) is 0 Å². The Labute approximate surface area is 196 Å². The van der Waals surface area contributed by atoms with Crippen molar-refractivity contribution < 1.29 is 19.3 Å². The highest BCUT2D eigenvalue weighted by Gasteiger charge is 2.75. The minimum atomic E-state index is -1.23. The number of imide groups is 1. The lowest BCUT2D eigenvalue weighted by molar-refractivity contribution is -0.385. The van der Waals surface area contributed by atoms with Crippen LogP contribution in [-0.2, 0) is 19.9 Å². The Kier molecular flexibility index (Phi) is 4.29. The Balaban J connectivity index is 1.54. The number of amides is 3. The molecular formula is C25H24N4O5. The van der Waals surface area contributed by atoms with Crippen molar-refractivity contribution in [2.24, 2.45) is 11.8 Å². The lowest BCUT2D eigenvalue weighted by atomic mass is 9.75. The van der Waals surface area contributed by atoms with Gasteiger partial charge < -0.3 is 4.90 Å². The number of fused-ring (bicyclic) bond motifs is 7. The summed E-state index contributed by atoms with van der Waals surface area (Å²) in [6.45, 7) is 4.62. The average molecular weight is 460 g/mol. The number of hydrogen-bond acceptors (Lipinski definition) is 6. The molecule has 4 aliphatic heterocycles. The van der Waals surface area contributed by atoms with Crippen LogP contribution in [0.3, 0.4) is 0 Å². The van der Waals surface area contributed by atoms with E-state index in [4.69, 9.17) is 0 Å². The van der Waals surface area contributed by atoms with Crippen LogP contribution in [0.2, 0.25) is 0 Å². The van der Waals surface area contributed by atoms with Gasteiger partial charge in [0.2, 0.25) is 11.8 Å². The molecule has 4 aliphatic rings. The summed E-state index contributed by atoms with van der Waals surface area (Å²) in [5, 5.41) is 11.5. The molecule has 174 valence electrons. The number of hydrogen-bond donors (Lipinski definition) is 0. The van der Waals surface area contributed by atoms with Gasteiger partial charge in [-0.2, -0.15) is 0 Å². The van der Waals surface area contributed by atoms with E-state index in [1.807, 2.05) is 31.2 Å². The maximum absolute atomic E-state index is 14.1. The van der Waals surface area contributed by atoms with Gasteiger partial charge in [0, 0.05) is 35.5 Å². The van der Waals surface area contributed by atoms with E-state index in [-0.39, 0.29) is 29.2 Å². The third kappa shape index (κ3) is 2.30. The van der Waals surface area contributed by atoms with E-state index < -0.39 is 28.2 Å². The first-order chi connectivity index (χ1) is 16.3. The van der Waals surface area contributed by atoms with Crippen LogP contribution in [-0.4, -0.2) is 46.7 Å². The minimum absolute atomic E-state index is 0.146. The molecule has 4 heterocycles. The topological polar surface area (TPSA) is 104 Å². The van der Waals surface area contributed by atoms with E-state index in [0.29, 0.717) is 18.7 Å². The Hall–Kier alpha value is -3.59. The minimum Gasteiger partial charge on any atom is -0.310 e. The molecule has 0 N–H and O–H groups in total. The van der Waals surface area contributed by atoms with Gasteiger partial charge in [-0.05, 0) is 45.4 Å². The van der Waals surface area contributed by atoms with Crippen molar-refractivity contribution in [2.75, 3.05) is 22.9 Å². The van der Waals surface area contributed by atoms with Crippen LogP contribution >= 0.6 is 0 Å². The molecule has 9 nitrogen and oxygen atoms in total. The van der Waals surface area contributed by atoms with Crippen LogP contribution in [0.1, 0.15) is 30.9 Å². The molecule has 0 saturated carbocycles. The van der Waals surface area contributed by atoms with Gasteiger partial charge in [0.25, 0.3) is 11.6 Å². The zero-order valence-corrected chi connectivity index (χ0v) is 18.9. The lowest BCUT2D eigenvalue weighted by Gasteiger charge is -2.37. The van der Waals surface area contributed by atoms with Gasteiger partial charge in [-0.25, -0.2) is 4.90 Å². The molecule has 4 unspecified atom stereocenters. The highest BCUT2D eigenvalue weighted by atomic mass is 16.6. The average Bonchev–Trinajstić information content (AvgIpc) is 3.52. The second-order valence-electron chi connectivity index (χ2n) is 9.48. The molecule has 0 aromatic heterocycles. The van der Waals surface area contributed by atoms with Gasteiger partial charge in [0.05, 0.1) is 22.4 Å². The maximum Gasteiger partial charge on any atom is 0.274 e. The van der Waals surface area contributed by atoms with E-state index in [1.54, 1.807) is 24.0 Å². The molecule has 3 amide bonds. The number of rotatable bonds is 3. The summed E-state index contributed by atoms with van der Waals surface area (Å²) in [6, 6.07) is 11.7. The SMILES string of the molecule is CCN1C(=O)C2(c3ccccc31)C1C(=O)N(c3ccc(C)c([N+](=O)[O-])c3)C(=O)C1C1CCCN12. The zero-order valence-electron chi connectivity index (χ0n) is 18.9. The fourth-order valence-electron chi connectivity index (χ4n) is 6.84. The third-order valence-corrected chi connectivity index (χ3v) is 8.11. The fraction of sp³-hybridized carbons (Fsp3) is 0.400. The van der Waals surface area contributed by atoms with Crippen LogP contribution < -0.4 is 9.80 Å². The van der Waals surface area contributed by atoms with Crippen LogP contribution in [0.4, 0.5) is 17.1 Å². The Bertz CT molecular complexity index is 1290.